The molecule has 5 rings (SSSR count). The van der Waals surface area contributed by atoms with Gasteiger partial charge in [-0.1, -0.05) is 36.4 Å². The number of hydrogen-bond donors (Lipinski definition) is 0. The zero-order chi connectivity index (χ0) is 23.8. The number of methoxy groups -OCH3 is 2. The van der Waals surface area contributed by atoms with Gasteiger partial charge in [-0.25, -0.2) is 14.5 Å². The molecule has 172 valence electrons. The normalized spacial score (nSPS) is 15.1. The first-order valence-corrected chi connectivity index (χ1v) is 10.9. The van der Waals surface area contributed by atoms with Crippen LogP contribution < -0.4 is 14.2 Å². The lowest BCUT2D eigenvalue weighted by molar-refractivity contribution is -0.114. The van der Waals surface area contributed by atoms with Crippen LogP contribution in [-0.4, -0.2) is 39.6 Å². The summed E-state index contributed by atoms with van der Waals surface area (Å²) in [5, 5.41) is 4.65. The summed E-state index contributed by atoms with van der Waals surface area (Å²) in [6.07, 6.45) is 2.08. The summed E-state index contributed by atoms with van der Waals surface area (Å²) in [5.41, 5.74) is 3.89. The van der Waals surface area contributed by atoms with Crippen LogP contribution in [0.5, 0.6) is 17.4 Å². The molecule has 2 aromatic carbocycles. The summed E-state index contributed by atoms with van der Waals surface area (Å²) in [5.74, 6) is 2.51. The maximum absolute atomic E-state index is 12.7. The molecule has 34 heavy (non-hydrogen) atoms. The summed E-state index contributed by atoms with van der Waals surface area (Å²) in [6.45, 7) is 3.36. The largest absolute Gasteiger partial charge is 0.493 e. The minimum atomic E-state index is -0.350. The summed E-state index contributed by atoms with van der Waals surface area (Å²) >= 11 is 0. The van der Waals surface area contributed by atoms with Crippen molar-refractivity contribution in [1.29, 1.82) is 0 Å². The van der Waals surface area contributed by atoms with Gasteiger partial charge in [0.1, 0.15) is 12.1 Å². The van der Waals surface area contributed by atoms with Crippen molar-refractivity contribution in [3.63, 3.8) is 0 Å². The van der Waals surface area contributed by atoms with Gasteiger partial charge in [-0.2, -0.15) is 0 Å². The number of carbonyl (C=O) groups is 1. The van der Waals surface area contributed by atoms with Gasteiger partial charge in [0.25, 0.3) is 0 Å². The average molecular weight is 457 g/mol. The van der Waals surface area contributed by atoms with Gasteiger partial charge in [0, 0.05) is 17.9 Å². The van der Waals surface area contributed by atoms with Crippen molar-refractivity contribution in [3.05, 3.63) is 88.7 Å². The van der Waals surface area contributed by atoms with Crippen LogP contribution in [0.3, 0.4) is 0 Å². The molecule has 1 aliphatic rings. The molecule has 0 saturated carbocycles. The Balaban J connectivity index is 1.63. The van der Waals surface area contributed by atoms with Crippen LogP contribution in [-0.2, 0) is 11.2 Å². The molecule has 8 heteroatoms. The summed E-state index contributed by atoms with van der Waals surface area (Å²) in [6, 6.07) is 15.6. The Morgan fingerprint density at radius 2 is 1.85 bits per heavy atom. The van der Waals surface area contributed by atoms with E-state index in [1.54, 1.807) is 38.9 Å². The highest BCUT2D eigenvalue weighted by atomic mass is 16.5. The lowest BCUT2D eigenvalue weighted by Gasteiger charge is -2.28. The lowest BCUT2D eigenvalue weighted by Crippen LogP contribution is -2.22. The highest BCUT2D eigenvalue weighted by Crippen LogP contribution is 2.44. The van der Waals surface area contributed by atoms with E-state index in [1.165, 1.54) is 0 Å². The zero-order valence-electron chi connectivity index (χ0n) is 19.4. The van der Waals surface area contributed by atoms with Gasteiger partial charge >= 0.3 is 0 Å². The van der Waals surface area contributed by atoms with Gasteiger partial charge in [-0.3, -0.25) is 4.79 Å². The fraction of sp³-hybridized carbons (Fsp3) is 0.231. The number of carbonyl (C=O) groups excluding carboxylic acids is 1. The number of nitrogens with zero attached hydrogens (tertiary/aromatic N) is 4. The summed E-state index contributed by atoms with van der Waals surface area (Å²) in [7, 11) is 3.21. The monoisotopic (exact) mass is 456 g/mol. The Hall–Kier alpha value is -4.20. The molecule has 3 heterocycles. The van der Waals surface area contributed by atoms with Crippen LogP contribution in [0.15, 0.2) is 66.2 Å². The van der Waals surface area contributed by atoms with Gasteiger partial charge in [0.05, 0.1) is 19.8 Å². The number of aromatic nitrogens is 4. The van der Waals surface area contributed by atoms with Crippen LogP contribution >= 0.6 is 0 Å². The van der Waals surface area contributed by atoms with Crippen molar-refractivity contribution >= 4 is 11.4 Å². The molecule has 0 fully saturated rings. The minimum Gasteiger partial charge on any atom is -0.493 e. The summed E-state index contributed by atoms with van der Waals surface area (Å²) in [4.78, 5) is 22.0. The SMILES string of the molecule is COc1ccc(Cc2nc3c4c(ncn3n2)OC(C)=C(C(C)=O)[C@@H]4c2ccccc2)cc1OC. The zero-order valence-corrected chi connectivity index (χ0v) is 19.4. The van der Waals surface area contributed by atoms with Crippen LogP contribution in [0.2, 0.25) is 0 Å². The second-order valence-electron chi connectivity index (χ2n) is 8.10. The number of hydrogen-bond acceptors (Lipinski definition) is 7. The molecule has 0 spiro atoms. The Morgan fingerprint density at radius 1 is 1.09 bits per heavy atom. The van der Waals surface area contributed by atoms with Crippen molar-refractivity contribution in [1.82, 2.24) is 19.6 Å². The van der Waals surface area contributed by atoms with E-state index < -0.39 is 0 Å². The Kier molecular flexibility index (Phi) is 5.49. The maximum Gasteiger partial charge on any atom is 0.228 e. The van der Waals surface area contributed by atoms with Gasteiger partial charge in [-0.15, -0.1) is 5.10 Å². The number of allylic oxidation sites excluding steroid dienone is 2. The standard InChI is InChI=1S/C26H24N4O4/c1-15(31)22-16(2)34-26-24(23(22)18-8-6-5-7-9-18)25-28-21(29-30(25)14-27-26)13-17-10-11-19(32-3)20(12-17)33-4/h5-12,14,23H,13H2,1-4H3/t23-/m0/s1. The Morgan fingerprint density at radius 3 is 2.56 bits per heavy atom. The smallest absolute Gasteiger partial charge is 0.228 e. The molecule has 2 aromatic heterocycles. The van der Waals surface area contributed by atoms with Crippen molar-refractivity contribution in [3.8, 4) is 17.4 Å². The highest BCUT2D eigenvalue weighted by molar-refractivity contribution is 5.97. The second-order valence-corrected chi connectivity index (χ2v) is 8.10. The van der Waals surface area contributed by atoms with E-state index in [4.69, 9.17) is 19.2 Å². The van der Waals surface area contributed by atoms with Gasteiger partial charge in [-0.05, 0) is 37.1 Å². The van der Waals surface area contributed by atoms with E-state index in [1.807, 2.05) is 48.5 Å². The van der Waals surface area contributed by atoms with E-state index >= 15 is 0 Å². The van der Waals surface area contributed by atoms with Crippen LogP contribution in [0.1, 0.15) is 42.3 Å². The predicted octanol–water partition coefficient (Wildman–Crippen LogP) is 4.12. The van der Waals surface area contributed by atoms with Crippen LogP contribution in [0.25, 0.3) is 5.65 Å². The van der Waals surface area contributed by atoms with E-state index in [2.05, 4.69) is 10.1 Å². The first-order chi connectivity index (χ1) is 16.5. The fourth-order valence-electron chi connectivity index (χ4n) is 4.46. The molecule has 8 nitrogen and oxygen atoms in total. The van der Waals surface area contributed by atoms with Gasteiger partial charge in [0.2, 0.25) is 5.88 Å². The molecule has 0 radical (unpaired) electrons. The van der Waals surface area contributed by atoms with Crippen molar-refractivity contribution in [2.24, 2.45) is 0 Å². The van der Waals surface area contributed by atoms with Gasteiger partial charge < -0.3 is 14.2 Å². The number of benzene rings is 2. The van der Waals surface area contributed by atoms with E-state index in [-0.39, 0.29) is 11.7 Å². The second kappa shape index (κ2) is 8.62. The third kappa shape index (κ3) is 3.67. The van der Waals surface area contributed by atoms with Crippen LogP contribution in [0, 0.1) is 0 Å². The Labute approximate surface area is 196 Å². The molecule has 1 atom stereocenters. The third-order valence-corrected chi connectivity index (χ3v) is 5.96. The Bertz CT molecular complexity index is 1430. The van der Waals surface area contributed by atoms with E-state index in [0.29, 0.717) is 46.6 Å². The van der Waals surface area contributed by atoms with Crippen molar-refractivity contribution in [2.45, 2.75) is 26.2 Å². The third-order valence-electron chi connectivity index (χ3n) is 5.96. The lowest BCUT2D eigenvalue weighted by atomic mass is 9.82. The molecular weight excluding hydrogens is 432 g/mol. The van der Waals surface area contributed by atoms with Gasteiger partial charge in [0.15, 0.2) is 28.8 Å². The molecular formula is C26H24N4O4. The van der Waals surface area contributed by atoms with E-state index in [0.717, 1.165) is 16.7 Å². The van der Waals surface area contributed by atoms with Crippen molar-refractivity contribution in [2.75, 3.05) is 14.2 Å². The molecule has 0 aliphatic carbocycles. The first kappa shape index (κ1) is 21.6. The number of rotatable bonds is 6. The highest BCUT2D eigenvalue weighted by Gasteiger charge is 2.35. The molecule has 0 bridgehead atoms. The molecule has 1 aliphatic heterocycles. The van der Waals surface area contributed by atoms with Crippen molar-refractivity contribution < 1.29 is 19.0 Å². The number of ketones is 1. The first-order valence-electron chi connectivity index (χ1n) is 10.9. The fourth-order valence-corrected chi connectivity index (χ4v) is 4.46. The number of ether oxygens (including phenoxy) is 3. The number of fused-ring (bicyclic) bond motifs is 3. The maximum atomic E-state index is 12.7. The molecule has 4 aromatic rings. The number of Topliss-reactive ketones (excluding diaryl/α,β-unsaturated/α-hetero) is 1. The molecule has 0 N–H and O–H groups in total. The quantitative estimate of drug-likeness (QED) is 0.431. The summed E-state index contributed by atoms with van der Waals surface area (Å²) < 4.78 is 18.4. The van der Waals surface area contributed by atoms with Crippen LogP contribution in [0.4, 0.5) is 0 Å². The topological polar surface area (TPSA) is 87.8 Å². The molecule has 0 amide bonds. The minimum absolute atomic E-state index is 0.0518. The molecule has 0 saturated heterocycles. The van der Waals surface area contributed by atoms with E-state index in [9.17, 15) is 4.79 Å². The molecule has 0 unspecified atom stereocenters. The average Bonchev–Trinajstić information content (AvgIpc) is 3.25. The predicted molar refractivity (Wildman–Crippen MR) is 125 cm³/mol.